The molecule has 90 valence electrons. The van der Waals surface area contributed by atoms with Gasteiger partial charge in [0, 0.05) is 6.04 Å². The van der Waals surface area contributed by atoms with E-state index in [0.717, 1.165) is 12.8 Å². The maximum absolute atomic E-state index is 11.7. The first-order valence-corrected chi connectivity index (χ1v) is 5.83. The van der Waals surface area contributed by atoms with Gasteiger partial charge in [0.15, 0.2) is 5.82 Å². The van der Waals surface area contributed by atoms with E-state index in [1.807, 2.05) is 0 Å². The average molecular weight is 224 g/mol. The van der Waals surface area contributed by atoms with Gasteiger partial charge in [0.05, 0.1) is 6.04 Å². The highest BCUT2D eigenvalue weighted by atomic mass is 16.1. The van der Waals surface area contributed by atoms with E-state index in [-0.39, 0.29) is 17.1 Å². The molecule has 1 aliphatic rings. The summed E-state index contributed by atoms with van der Waals surface area (Å²) in [5.41, 5.74) is 5.94. The third-order valence-electron chi connectivity index (χ3n) is 3.38. The van der Waals surface area contributed by atoms with E-state index >= 15 is 0 Å². The van der Waals surface area contributed by atoms with Gasteiger partial charge in [-0.05, 0) is 24.7 Å². The summed E-state index contributed by atoms with van der Waals surface area (Å²) in [6, 6.07) is 0.0849. The van der Waals surface area contributed by atoms with Crippen LogP contribution in [0.3, 0.4) is 0 Å². The molecule has 1 heterocycles. The fraction of sp³-hybridized carbons (Fsp3) is 0.818. The van der Waals surface area contributed by atoms with Crippen LogP contribution >= 0.6 is 0 Å². The van der Waals surface area contributed by atoms with Gasteiger partial charge in [-0.3, -0.25) is 4.57 Å². The molecule has 16 heavy (non-hydrogen) atoms. The Balaban J connectivity index is 2.37. The molecule has 0 amide bonds. The number of hydrogen-bond acceptors (Lipinski definition) is 3. The molecule has 0 saturated heterocycles. The second-order valence-electron chi connectivity index (χ2n) is 5.69. The van der Waals surface area contributed by atoms with Crippen LogP contribution in [-0.4, -0.2) is 14.8 Å². The molecular weight excluding hydrogens is 204 g/mol. The van der Waals surface area contributed by atoms with Crippen molar-refractivity contribution in [3.05, 3.63) is 16.3 Å². The predicted molar refractivity (Wildman–Crippen MR) is 62.1 cm³/mol. The molecule has 1 aromatic heterocycles. The van der Waals surface area contributed by atoms with Gasteiger partial charge in [-0.2, -0.15) is 5.10 Å². The van der Waals surface area contributed by atoms with Gasteiger partial charge in [-0.15, -0.1) is 0 Å². The number of hydrogen-bond donors (Lipinski definition) is 2. The van der Waals surface area contributed by atoms with Gasteiger partial charge in [0.1, 0.15) is 0 Å². The van der Waals surface area contributed by atoms with Crippen LogP contribution in [0, 0.1) is 5.41 Å². The van der Waals surface area contributed by atoms with E-state index in [2.05, 4.69) is 31.0 Å². The largest absolute Gasteiger partial charge is 0.343 e. The highest BCUT2D eigenvalue weighted by Crippen LogP contribution is 2.35. The van der Waals surface area contributed by atoms with E-state index in [9.17, 15) is 4.79 Å². The molecule has 1 fully saturated rings. The molecule has 0 unspecified atom stereocenters. The number of aromatic amines is 1. The van der Waals surface area contributed by atoms with E-state index in [0.29, 0.717) is 11.9 Å². The number of rotatable bonds is 2. The zero-order valence-electron chi connectivity index (χ0n) is 10.2. The lowest BCUT2D eigenvalue weighted by Crippen LogP contribution is -2.35. The Morgan fingerprint density at radius 3 is 2.56 bits per heavy atom. The van der Waals surface area contributed by atoms with Crippen molar-refractivity contribution in [3.8, 4) is 0 Å². The molecule has 0 radical (unpaired) electrons. The fourth-order valence-electron chi connectivity index (χ4n) is 1.92. The van der Waals surface area contributed by atoms with Gasteiger partial charge < -0.3 is 5.73 Å². The molecule has 1 saturated carbocycles. The first-order chi connectivity index (χ1) is 7.41. The zero-order valence-corrected chi connectivity index (χ0v) is 10.2. The maximum atomic E-state index is 11.7. The van der Waals surface area contributed by atoms with Crippen LogP contribution in [0.5, 0.6) is 0 Å². The first kappa shape index (κ1) is 11.4. The number of nitrogens with zero attached hydrogens (tertiary/aromatic N) is 2. The summed E-state index contributed by atoms with van der Waals surface area (Å²) in [6.45, 7) is 6.17. The summed E-state index contributed by atoms with van der Waals surface area (Å²) in [5.74, 6) is 0.696. The van der Waals surface area contributed by atoms with E-state index in [1.165, 1.54) is 6.42 Å². The molecule has 2 rings (SSSR count). The smallest absolute Gasteiger partial charge is 0.321 e. The van der Waals surface area contributed by atoms with Crippen molar-refractivity contribution >= 4 is 0 Å². The lowest BCUT2D eigenvalue weighted by atomic mass is 9.86. The molecule has 5 nitrogen and oxygen atoms in total. The Labute approximate surface area is 95.0 Å². The molecule has 0 spiro atoms. The summed E-state index contributed by atoms with van der Waals surface area (Å²) in [4.78, 5) is 11.7. The van der Waals surface area contributed by atoms with Crippen molar-refractivity contribution in [1.82, 2.24) is 14.8 Å². The Bertz CT molecular complexity index is 422. The van der Waals surface area contributed by atoms with Crippen LogP contribution < -0.4 is 11.4 Å². The fourth-order valence-corrected chi connectivity index (χ4v) is 1.92. The number of H-pyrrole nitrogens is 1. The van der Waals surface area contributed by atoms with Crippen LogP contribution in [0.4, 0.5) is 0 Å². The highest BCUT2D eigenvalue weighted by molar-refractivity contribution is 5.02. The molecular formula is C11H20N4O. The van der Waals surface area contributed by atoms with Crippen LogP contribution in [0.1, 0.15) is 57.9 Å². The van der Waals surface area contributed by atoms with Gasteiger partial charge >= 0.3 is 5.69 Å². The Morgan fingerprint density at radius 1 is 1.50 bits per heavy atom. The van der Waals surface area contributed by atoms with Gasteiger partial charge in [-0.1, -0.05) is 20.8 Å². The summed E-state index contributed by atoms with van der Waals surface area (Å²) in [5, 5.41) is 6.60. The second kappa shape index (κ2) is 3.73. The van der Waals surface area contributed by atoms with Crippen molar-refractivity contribution in [1.29, 1.82) is 0 Å². The molecule has 1 aliphatic carbocycles. The van der Waals surface area contributed by atoms with Gasteiger partial charge in [0.25, 0.3) is 0 Å². The van der Waals surface area contributed by atoms with E-state index < -0.39 is 0 Å². The number of nitrogens with one attached hydrogen (secondary N) is 1. The summed E-state index contributed by atoms with van der Waals surface area (Å²) in [7, 11) is 0. The summed E-state index contributed by atoms with van der Waals surface area (Å²) < 4.78 is 1.75. The lowest BCUT2D eigenvalue weighted by Gasteiger charge is -2.31. The van der Waals surface area contributed by atoms with Crippen molar-refractivity contribution < 1.29 is 0 Å². The lowest BCUT2D eigenvalue weighted by molar-refractivity contribution is 0.261. The SMILES string of the molecule is CC(C)(C)[C@H](N)c1n[nH]c(=O)n1C1CCC1. The monoisotopic (exact) mass is 224 g/mol. The quantitative estimate of drug-likeness (QED) is 0.796. The van der Waals surface area contributed by atoms with Gasteiger partial charge in [-0.25, -0.2) is 9.89 Å². The average Bonchev–Trinajstić information content (AvgIpc) is 2.43. The van der Waals surface area contributed by atoms with E-state index in [4.69, 9.17) is 5.73 Å². The molecule has 1 atom stereocenters. The van der Waals surface area contributed by atoms with Crippen molar-refractivity contribution in [2.24, 2.45) is 11.1 Å². The van der Waals surface area contributed by atoms with Crippen LogP contribution in [-0.2, 0) is 0 Å². The van der Waals surface area contributed by atoms with Crippen molar-refractivity contribution in [2.75, 3.05) is 0 Å². The van der Waals surface area contributed by atoms with Crippen molar-refractivity contribution in [2.45, 2.75) is 52.1 Å². The normalized spacial score (nSPS) is 19.5. The summed E-state index contributed by atoms with van der Waals surface area (Å²) >= 11 is 0. The van der Waals surface area contributed by atoms with Crippen LogP contribution in [0.15, 0.2) is 4.79 Å². The third kappa shape index (κ3) is 1.80. The second-order valence-corrected chi connectivity index (χ2v) is 5.69. The first-order valence-electron chi connectivity index (χ1n) is 5.83. The van der Waals surface area contributed by atoms with Crippen molar-refractivity contribution in [3.63, 3.8) is 0 Å². The molecule has 5 heteroatoms. The maximum Gasteiger partial charge on any atom is 0.343 e. The Morgan fingerprint density at radius 2 is 2.12 bits per heavy atom. The predicted octanol–water partition coefficient (Wildman–Crippen LogP) is 1.34. The molecule has 3 N–H and O–H groups in total. The Hall–Kier alpha value is -1.10. The standard InChI is InChI=1S/C11H20N4O/c1-11(2,3)8(12)9-13-14-10(16)15(9)7-5-4-6-7/h7-8H,4-6,12H2,1-3H3,(H,14,16)/t8-/m1/s1. The number of nitrogens with two attached hydrogens (primary N) is 1. The minimum absolute atomic E-state index is 0.0901. The van der Waals surface area contributed by atoms with E-state index in [1.54, 1.807) is 4.57 Å². The molecule has 1 aromatic rings. The summed E-state index contributed by atoms with van der Waals surface area (Å²) in [6.07, 6.45) is 3.30. The zero-order chi connectivity index (χ0) is 11.9. The topological polar surface area (TPSA) is 76.7 Å². The molecule has 0 aromatic carbocycles. The minimum atomic E-state index is -0.216. The Kier molecular flexibility index (Phi) is 2.66. The van der Waals surface area contributed by atoms with Gasteiger partial charge in [0.2, 0.25) is 0 Å². The number of aromatic nitrogens is 3. The third-order valence-corrected chi connectivity index (χ3v) is 3.38. The highest BCUT2D eigenvalue weighted by Gasteiger charge is 2.31. The molecule has 0 aliphatic heterocycles. The van der Waals surface area contributed by atoms with Crippen LogP contribution in [0.2, 0.25) is 0 Å². The minimum Gasteiger partial charge on any atom is -0.321 e. The van der Waals surface area contributed by atoms with Crippen LogP contribution in [0.25, 0.3) is 0 Å². The molecule has 0 bridgehead atoms.